The molecule has 1 aromatic rings. The Hall–Kier alpha value is -0.903. The average molecular weight is 327 g/mol. The second-order valence-electron chi connectivity index (χ2n) is 3.98. The molecule has 0 radical (unpaired) electrons. The number of hydrogen-bond donors (Lipinski definition) is 0. The summed E-state index contributed by atoms with van der Waals surface area (Å²) in [5.41, 5.74) is -4.32. The first-order valence-corrected chi connectivity index (χ1v) is 8.68. The van der Waals surface area contributed by atoms with Gasteiger partial charge >= 0.3 is 5.51 Å². The van der Waals surface area contributed by atoms with Crippen molar-refractivity contribution in [3.05, 3.63) is 35.4 Å². The molecule has 4 nitrogen and oxygen atoms in total. The van der Waals surface area contributed by atoms with E-state index in [0.29, 0.717) is 6.04 Å². The smallest absolute Gasteiger partial charge is 0.497 e. The van der Waals surface area contributed by atoms with Gasteiger partial charge in [0.2, 0.25) is 0 Å². The highest BCUT2D eigenvalue weighted by atomic mass is 32.2. The van der Waals surface area contributed by atoms with Gasteiger partial charge in [-0.1, -0.05) is 29.8 Å². The molecular formula is C11H14F3O4SSi-. The minimum atomic E-state index is -5.23. The Labute approximate surface area is 117 Å². The van der Waals surface area contributed by atoms with Gasteiger partial charge < -0.3 is 8.85 Å². The van der Waals surface area contributed by atoms with Gasteiger partial charge in [0.05, 0.1) is 5.75 Å². The first kappa shape index (κ1) is 17.1. The van der Waals surface area contributed by atoms with Crippen molar-refractivity contribution in [2.75, 3.05) is 14.2 Å². The summed E-state index contributed by atoms with van der Waals surface area (Å²) in [4.78, 5) is 0. The van der Waals surface area contributed by atoms with Gasteiger partial charge in [-0.25, -0.2) is 8.42 Å². The molecule has 1 rings (SSSR count). The van der Waals surface area contributed by atoms with Crippen molar-refractivity contribution in [3.63, 3.8) is 0 Å². The zero-order valence-electron chi connectivity index (χ0n) is 10.9. The minimum Gasteiger partial charge on any atom is -0.565 e. The molecule has 0 heterocycles. The van der Waals surface area contributed by atoms with Crippen molar-refractivity contribution in [2.24, 2.45) is 0 Å². The third-order valence-electron chi connectivity index (χ3n) is 2.54. The van der Waals surface area contributed by atoms with Crippen LogP contribution in [0, 0.1) is 0 Å². The Bertz CT molecular complexity index is 524. The van der Waals surface area contributed by atoms with Crippen LogP contribution in [0.4, 0.5) is 13.2 Å². The number of hydrogen-bond acceptors (Lipinski definition) is 4. The molecule has 0 saturated carbocycles. The van der Waals surface area contributed by atoms with E-state index in [-0.39, 0.29) is 5.56 Å². The zero-order valence-corrected chi connectivity index (χ0v) is 12.7. The molecule has 0 aliphatic heterocycles. The van der Waals surface area contributed by atoms with Gasteiger partial charge in [0.1, 0.15) is 0 Å². The number of rotatable bonds is 6. The lowest BCUT2D eigenvalue weighted by Crippen LogP contribution is -2.25. The maximum atomic E-state index is 12.2. The van der Waals surface area contributed by atoms with Gasteiger partial charge in [0, 0.05) is 9.28 Å². The monoisotopic (exact) mass is 327 g/mol. The van der Waals surface area contributed by atoms with E-state index in [1.807, 2.05) is 0 Å². The van der Waals surface area contributed by atoms with E-state index in [0.717, 1.165) is 5.56 Å². The van der Waals surface area contributed by atoms with Crippen molar-refractivity contribution < 1.29 is 30.4 Å². The molecule has 114 valence electrons. The van der Waals surface area contributed by atoms with Gasteiger partial charge in [-0.05, 0) is 19.8 Å². The molecule has 0 aromatic heterocycles. The predicted molar refractivity (Wildman–Crippen MR) is 68.6 cm³/mol. The SMILES string of the molecule is CO[Si-](Cc1ccc(CS(=O)(=O)C(F)(F)F)cc1)OC. The van der Waals surface area contributed by atoms with Crippen LogP contribution in [0.25, 0.3) is 0 Å². The van der Waals surface area contributed by atoms with Crippen molar-refractivity contribution in [1.29, 1.82) is 0 Å². The van der Waals surface area contributed by atoms with Crippen LogP contribution >= 0.6 is 0 Å². The summed E-state index contributed by atoms with van der Waals surface area (Å²) in [7, 11) is -3.55. The third-order valence-corrected chi connectivity index (χ3v) is 5.56. The molecule has 0 unspecified atom stereocenters. The molecule has 0 saturated heterocycles. The van der Waals surface area contributed by atoms with Crippen LogP contribution in [-0.2, 0) is 30.5 Å². The van der Waals surface area contributed by atoms with Crippen LogP contribution in [0.5, 0.6) is 0 Å². The molecule has 0 spiro atoms. The molecule has 0 fully saturated rings. The largest absolute Gasteiger partial charge is 0.565 e. The molecule has 0 N–H and O–H groups in total. The highest BCUT2D eigenvalue weighted by Crippen LogP contribution is 2.26. The Morgan fingerprint density at radius 1 is 1.05 bits per heavy atom. The van der Waals surface area contributed by atoms with Crippen LogP contribution < -0.4 is 0 Å². The maximum absolute atomic E-state index is 12.2. The molecule has 0 aliphatic rings. The van der Waals surface area contributed by atoms with Crippen LogP contribution in [0.2, 0.25) is 0 Å². The first-order valence-electron chi connectivity index (χ1n) is 5.50. The lowest BCUT2D eigenvalue weighted by atomic mass is 10.2. The number of halogens is 3. The molecule has 0 aliphatic carbocycles. The summed E-state index contributed by atoms with van der Waals surface area (Å²) in [5.74, 6) is -1.05. The van der Waals surface area contributed by atoms with Gasteiger partial charge in [0.15, 0.2) is 0 Å². The number of alkyl halides is 3. The Morgan fingerprint density at radius 2 is 1.50 bits per heavy atom. The Balaban J connectivity index is 2.78. The van der Waals surface area contributed by atoms with Gasteiger partial charge in [-0.2, -0.15) is 13.2 Å². The van der Waals surface area contributed by atoms with Crippen LogP contribution in [-0.4, -0.2) is 37.4 Å². The highest BCUT2D eigenvalue weighted by molar-refractivity contribution is 7.91. The quantitative estimate of drug-likeness (QED) is 0.750. The lowest BCUT2D eigenvalue weighted by molar-refractivity contribution is -0.0437. The fraction of sp³-hybridized carbons (Fsp3) is 0.455. The molecular weight excluding hydrogens is 313 g/mol. The summed E-state index contributed by atoms with van der Waals surface area (Å²) in [6.45, 7) is 0. The molecule has 0 atom stereocenters. The van der Waals surface area contributed by atoms with E-state index >= 15 is 0 Å². The van der Waals surface area contributed by atoms with E-state index in [1.165, 1.54) is 26.4 Å². The number of benzene rings is 1. The highest BCUT2D eigenvalue weighted by Gasteiger charge is 2.45. The van der Waals surface area contributed by atoms with Crippen molar-refractivity contribution >= 4 is 19.1 Å². The molecule has 9 heteroatoms. The van der Waals surface area contributed by atoms with E-state index in [2.05, 4.69) is 0 Å². The second-order valence-corrected chi connectivity index (χ2v) is 7.87. The summed E-state index contributed by atoms with van der Waals surface area (Å²) < 4.78 is 69.0. The fourth-order valence-corrected chi connectivity index (χ4v) is 3.27. The minimum absolute atomic E-state index is 0.0923. The summed E-state index contributed by atoms with van der Waals surface area (Å²) in [6, 6.07) is 6.39. The van der Waals surface area contributed by atoms with E-state index < -0.39 is 30.4 Å². The summed E-state index contributed by atoms with van der Waals surface area (Å²) >= 11 is 0. The van der Waals surface area contributed by atoms with Crippen molar-refractivity contribution in [3.8, 4) is 0 Å². The van der Waals surface area contributed by atoms with Gasteiger partial charge in [0.25, 0.3) is 9.84 Å². The first-order chi connectivity index (χ1) is 9.19. The topological polar surface area (TPSA) is 52.6 Å². The third kappa shape index (κ3) is 4.58. The molecule has 0 amide bonds. The van der Waals surface area contributed by atoms with Crippen molar-refractivity contribution in [1.82, 2.24) is 0 Å². The summed E-state index contributed by atoms with van der Waals surface area (Å²) in [6.07, 6.45) is 0. The van der Waals surface area contributed by atoms with E-state index in [4.69, 9.17) is 8.85 Å². The van der Waals surface area contributed by atoms with Crippen molar-refractivity contribution in [2.45, 2.75) is 17.3 Å². The Kier molecular flexibility index (Phi) is 5.75. The molecule has 1 aromatic carbocycles. The average Bonchev–Trinajstić information content (AvgIpc) is 2.36. The lowest BCUT2D eigenvalue weighted by Gasteiger charge is -2.26. The van der Waals surface area contributed by atoms with Crippen LogP contribution in [0.3, 0.4) is 0 Å². The maximum Gasteiger partial charge on any atom is 0.497 e. The van der Waals surface area contributed by atoms with Crippen LogP contribution in [0.15, 0.2) is 24.3 Å². The normalized spacial score (nSPS) is 12.9. The standard InChI is InChI=1S/C11H14F3O4SSi/c1-17-20(18-2)8-10-5-3-9(4-6-10)7-19(15,16)11(12,13)14/h3-6H,7-8H2,1-2H3/q-1. The van der Waals surface area contributed by atoms with Gasteiger partial charge in [-0.15, -0.1) is 6.04 Å². The molecule has 20 heavy (non-hydrogen) atoms. The van der Waals surface area contributed by atoms with E-state index in [9.17, 15) is 21.6 Å². The predicted octanol–water partition coefficient (Wildman–Crippen LogP) is 1.98. The molecule has 0 bridgehead atoms. The van der Waals surface area contributed by atoms with E-state index in [1.54, 1.807) is 12.1 Å². The second kappa shape index (κ2) is 6.70. The number of sulfone groups is 1. The van der Waals surface area contributed by atoms with Crippen LogP contribution in [0.1, 0.15) is 11.1 Å². The summed E-state index contributed by atoms with van der Waals surface area (Å²) in [5, 5.41) is 0. The van der Waals surface area contributed by atoms with Gasteiger partial charge in [-0.3, -0.25) is 0 Å². The Morgan fingerprint density at radius 3 is 1.90 bits per heavy atom. The fourth-order valence-electron chi connectivity index (χ4n) is 1.45. The zero-order chi connectivity index (χ0) is 15.4.